The average Bonchev–Trinajstić information content (AvgIpc) is 3.21. The lowest BCUT2D eigenvalue weighted by Crippen LogP contribution is -2.08. The van der Waals surface area contributed by atoms with Crippen molar-refractivity contribution in [2.45, 2.75) is 20.0 Å². The number of nitrogens with one attached hydrogen (secondary N) is 1. The molecule has 6 nitrogen and oxygen atoms in total. The van der Waals surface area contributed by atoms with Crippen molar-refractivity contribution in [3.63, 3.8) is 0 Å². The van der Waals surface area contributed by atoms with Crippen molar-refractivity contribution >= 4 is 17.7 Å². The largest absolute Gasteiger partial charge is 0.493 e. The smallest absolute Gasteiger partial charge is 0.248 e. The van der Waals surface area contributed by atoms with E-state index in [1.54, 1.807) is 54.4 Å². The predicted octanol–water partition coefficient (Wildman–Crippen LogP) is 4.46. The van der Waals surface area contributed by atoms with Gasteiger partial charge in [0.2, 0.25) is 5.91 Å². The Morgan fingerprint density at radius 3 is 2.69 bits per heavy atom. The van der Waals surface area contributed by atoms with Gasteiger partial charge in [-0.3, -0.25) is 4.79 Å². The van der Waals surface area contributed by atoms with Gasteiger partial charge in [0.15, 0.2) is 11.5 Å². The topological polar surface area (TPSA) is 65.4 Å². The Kier molecular flexibility index (Phi) is 6.29. The zero-order chi connectivity index (χ0) is 20.8. The molecule has 150 valence electrons. The number of imidazole rings is 1. The summed E-state index contributed by atoms with van der Waals surface area (Å²) in [5.41, 5.74) is 1.49. The van der Waals surface area contributed by atoms with E-state index in [-0.39, 0.29) is 12.0 Å². The number of aromatic nitrogens is 2. The molecule has 0 bridgehead atoms. The number of anilines is 1. The third-order valence-corrected chi connectivity index (χ3v) is 3.98. The Morgan fingerprint density at radius 1 is 1.21 bits per heavy atom. The molecule has 0 atom stereocenters. The summed E-state index contributed by atoms with van der Waals surface area (Å²) in [6.07, 6.45) is 7.76. The van der Waals surface area contributed by atoms with Crippen LogP contribution in [0, 0.1) is 5.82 Å². The molecule has 7 heteroatoms. The normalized spacial score (nSPS) is 11.1. The molecular weight excluding hydrogens is 373 g/mol. The van der Waals surface area contributed by atoms with E-state index in [9.17, 15) is 9.18 Å². The molecule has 0 aliphatic rings. The first-order chi connectivity index (χ1) is 14.0. The third kappa shape index (κ3) is 5.22. The van der Waals surface area contributed by atoms with E-state index in [0.29, 0.717) is 22.9 Å². The summed E-state index contributed by atoms with van der Waals surface area (Å²) in [4.78, 5) is 16.1. The highest BCUT2D eigenvalue weighted by molar-refractivity contribution is 6.02. The fraction of sp³-hybridized carbons (Fsp3) is 0.182. The van der Waals surface area contributed by atoms with E-state index in [4.69, 9.17) is 9.47 Å². The molecule has 1 amide bonds. The highest BCUT2D eigenvalue weighted by Gasteiger charge is 2.08. The van der Waals surface area contributed by atoms with Crippen LogP contribution in [0.3, 0.4) is 0 Å². The Bertz CT molecular complexity index is 1010. The van der Waals surface area contributed by atoms with Crippen LogP contribution in [0.25, 0.3) is 11.8 Å². The molecule has 0 aliphatic carbocycles. The van der Waals surface area contributed by atoms with Gasteiger partial charge < -0.3 is 19.4 Å². The van der Waals surface area contributed by atoms with E-state index >= 15 is 0 Å². The maximum absolute atomic E-state index is 14.3. The Balaban J connectivity index is 1.67. The highest BCUT2D eigenvalue weighted by atomic mass is 19.1. The minimum atomic E-state index is -0.463. The first-order valence-corrected chi connectivity index (χ1v) is 9.08. The van der Waals surface area contributed by atoms with E-state index in [1.165, 1.54) is 18.5 Å². The standard InChI is InChI=1S/C22H22FN3O3/c1-15(2)29-20-8-4-16(12-21(20)28-3)5-9-22(27)25-17-6-7-19(18(23)13-17)26-11-10-24-14-26/h4-15H,1-3H3,(H,25,27)/b9-5+. The molecule has 0 aliphatic heterocycles. The van der Waals surface area contributed by atoms with E-state index in [2.05, 4.69) is 10.3 Å². The zero-order valence-electron chi connectivity index (χ0n) is 16.4. The van der Waals surface area contributed by atoms with Gasteiger partial charge in [0.25, 0.3) is 0 Å². The number of ether oxygens (including phenoxy) is 2. The summed E-state index contributed by atoms with van der Waals surface area (Å²) in [5.74, 6) is 0.382. The van der Waals surface area contributed by atoms with Crippen LogP contribution in [-0.4, -0.2) is 28.7 Å². The van der Waals surface area contributed by atoms with Crippen molar-refractivity contribution in [2.24, 2.45) is 0 Å². The number of hydrogen-bond acceptors (Lipinski definition) is 4. The third-order valence-electron chi connectivity index (χ3n) is 3.98. The van der Waals surface area contributed by atoms with Crippen molar-refractivity contribution in [1.82, 2.24) is 9.55 Å². The number of carbonyl (C=O) groups excluding carboxylic acids is 1. The summed E-state index contributed by atoms with van der Waals surface area (Å²) in [6, 6.07) is 9.87. The van der Waals surface area contributed by atoms with Gasteiger partial charge in [0, 0.05) is 24.2 Å². The van der Waals surface area contributed by atoms with Gasteiger partial charge in [-0.2, -0.15) is 0 Å². The summed E-state index contributed by atoms with van der Waals surface area (Å²) in [6.45, 7) is 3.87. The molecule has 0 unspecified atom stereocenters. The van der Waals surface area contributed by atoms with Gasteiger partial charge in [-0.05, 0) is 55.8 Å². The maximum atomic E-state index is 14.3. The number of amides is 1. The fourth-order valence-electron chi connectivity index (χ4n) is 2.69. The highest BCUT2D eigenvalue weighted by Crippen LogP contribution is 2.29. The van der Waals surface area contributed by atoms with Crippen molar-refractivity contribution in [3.8, 4) is 17.2 Å². The Labute approximate surface area is 168 Å². The van der Waals surface area contributed by atoms with Crippen LogP contribution in [0.4, 0.5) is 10.1 Å². The van der Waals surface area contributed by atoms with Gasteiger partial charge in [-0.25, -0.2) is 9.37 Å². The summed E-state index contributed by atoms with van der Waals surface area (Å²) in [5, 5.41) is 2.65. The maximum Gasteiger partial charge on any atom is 0.248 e. The molecule has 1 N–H and O–H groups in total. The minimum Gasteiger partial charge on any atom is -0.493 e. The molecule has 29 heavy (non-hydrogen) atoms. The molecule has 3 rings (SSSR count). The minimum absolute atomic E-state index is 0.0247. The van der Waals surface area contributed by atoms with Crippen molar-refractivity contribution in [2.75, 3.05) is 12.4 Å². The molecule has 1 aromatic heterocycles. The molecule has 0 saturated heterocycles. The molecule has 0 radical (unpaired) electrons. The number of halogens is 1. The number of methoxy groups -OCH3 is 1. The number of nitrogens with zero attached hydrogens (tertiary/aromatic N) is 2. The van der Waals surface area contributed by atoms with Crippen molar-refractivity contribution in [1.29, 1.82) is 0 Å². The van der Waals surface area contributed by atoms with Gasteiger partial charge in [0.05, 0.1) is 25.2 Å². The molecular formula is C22H22FN3O3. The fourth-order valence-corrected chi connectivity index (χ4v) is 2.69. The van der Waals surface area contributed by atoms with E-state index in [1.807, 2.05) is 19.9 Å². The molecule has 0 fully saturated rings. The first kappa shape index (κ1) is 20.1. The quantitative estimate of drug-likeness (QED) is 0.600. The second-order valence-electron chi connectivity index (χ2n) is 6.54. The number of rotatable bonds is 7. The second kappa shape index (κ2) is 9.05. The lowest BCUT2D eigenvalue weighted by molar-refractivity contribution is -0.111. The van der Waals surface area contributed by atoms with Crippen LogP contribution in [0.15, 0.2) is 61.2 Å². The summed E-state index contributed by atoms with van der Waals surface area (Å²) >= 11 is 0. The zero-order valence-corrected chi connectivity index (χ0v) is 16.4. The van der Waals surface area contributed by atoms with Gasteiger partial charge in [0.1, 0.15) is 5.82 Å². The van der Waals surface area contributed by atoms with Gasteiger partial charge in [-0.15, -0.1) is 0 Å². The molecule has 2 aromatic carbocycles. The summed E-state index contributed by atoms with van der Waals surface area (Å²) < 4.78 is 26.8. The molecule has 1 heterocycles. The molecule has 0 saturated carbocycles. The predicted molar refractivity (Wildman–Crippen MR) is 110 cm³/mol. The van der Waals surface area contributed by atoms with Crippen molar-refractivity contribution < 1.29 is 18.7 Å². The molecule has 0 spiro atoms. The van der Waals surface area contributed by atoms with Gasteiger partial charge >= 0.3 is 0 Å². The lowest BCUT2D eigenvalue weighted by Gasteiger charge is -2.13. The first-order valence-electron chi connectivity index (χ1n) is 9.08. The Hall–Kier alpha value is -3.61. The van der Waals surface area contributed by atoms with Gasteiger partial charge in [-0.1, -0.05) is 6.07 Å². The SMILES string of the molecule is COc1cc(/C=C/C(=O)Nc2ccc(-n3ccnc3)c(F)c2)ccc1OC(C)C. The van der Waals surface area contributed by atoms with Crippen LogP contribution >= 0.6 is 0 Å². The monoisotopic (exact) mass is 395 g/mol. The number of benzene rings is 2. The number of carbonyl (C=O) groups is 1. The summed E-state index contributed by atoms with van der Waals surface area (Å²) in [7, 11) is 1.56. The molecule has 3 aromatic rings. The lowest BCUT2D eigenvalue weighted by atomic mass is 10.2. The van der Waals surface area contributed by atoms with Crippen LogP contribution in [0.5, 0.6) is 11.5 Å². The van der Waals surface area contributed by atoms with Crippen LogP contribution in [0.1, 0.15) is 19.4 Å². The van der Waals surface area contributed by atoms with Crippen molar-refractivity contribution in [3.05, 3.63) is 72.6 Å². The average molecular weight is 395 g/mol. The Morgan fingerprint density at radius 2 is 2.03 bits per heavy atom. The number of hydrogen-bond donors (Lipinski definition) is 1. The van der Waals surface area contributed by atoms with Crippen LogP contribution < -0.4 is 14.8 Å². The second-order valence-corrected chi connectivity index (χ2v) is 6.54. The van der Waals surface area contributed by atoms with Crippen LogP contribution in [-0.2, 0) is 4.79 Å². The van der Waals surface area contributed by atoms with Crippen LogP contribution in [0.2, 0.25) is 0 Å². The van der Waals surface area contributed by atoms with E-state index in [0.717, 1.165) is 5.56 Å². The van der Waals surface area contributed by atoms with E-state index < -0.39 is 5.82 Å².